The lowest BCUT2D eigenvalue weighted by Crippen LogP contribution is -2.10. The fourth-order valence-electron chi connectivity index (χ4n) is 2.03. The maximum absolute atomic E-state index is 11.2. The summed E-state index contributed by atoms with van der Waals surface area (Å²) in [7, 11) is 3.22. The zero-order valence-electron chi connectivity index (χ0n) is 14.0. The summed E-state index contributed by atoms with van der Waals surface area (Å²) in [4.78, 5) is 11.2. The summed E-state index contributed by atoms with van der Waals surface area (Å²) >= 11 is 1.29. The Morgan fingerprint density at radius 3 is 2.70 bits per heavy atom. The van der Waals surface area contributed by atoms with E-state index in [0.29, 0.717) is 11.0 Å². The fourth-order valence-corrected chi connectivity index (χ4v) is 2.78. The maximum atomic E-state index is 11.2. The van der Waals surface area contributed by atoms with Crippen molar-refractivity contribution < 1.29 is 14.3 Å². The number of nitrogens with zero attached hydrogens (tertiary/aromatic N) is 3. The van der Waals surface area contributed by atoms with E-state index in [4.69, 9.17) is 4.74 Å². The minimum Gasteiger partial charge on any atom is -0.483 e. The minimum absolute atomic E-state index is 0.203. The van der Waals surface area contributed by atoms with E-state index in [1.807, 2.05) is 36.7 Å². The molecule has 1 atom stereocenters. The molecule has 2 aromatic rings. The molecule has 23 heavy (non-hydrogen) atoms. The Balaban J connectivity index is 2.07. The van der Waals surface area contributed by atoms with Gasteiger partial charge >= 0.3 is 5.97 Å². The van der Waals surface area contributed by atoms with Gasteiger partial charge in [0.15, 0.2) is 17.1 Å². The van der Waals surface area contributed by atoms with Crippen LogP contribution in [0.2, 0.25) is 0 Å². The highest BCUT2D eigenvalue weighted by atomic mass is 32.2. The Labute approximate surface area is 140 Å². The van der Waals surface area contributed by atoms with Gasteiger partial charge in [0, 0.05) is 7.05 Å². The third-order valence-electron chi connectivity index (χ3n) is 3.57. The van der Waals surface area contributed by atoms with Gasteiger partial charge < -0.3 is 14.0 Å². The first-order chi connectivity index (χ1) is 10.9. The number of hydrogen-bond donors (Lipinski definition) is 0. The van der Waals surface area contributed by atoms with Crippen LogP contribution in [0.1, 0.15) is 30.0 Å². The number of thioether (sulfide) groups is 1. The first-order valence-electron chi connectivity index (χ1n) is 7.25. The number of hydrogen-bond acceptors (Lipinski definition) is 6. The standard InChI is InChI=1S/C16H21N3O3S/c1-10-6-7-13(8-11(10)2)22-12(3)15-17-18-16(19(15)4)23-9-14(20)21-5/h6-8,12H,9H2,1-5H3. The molecule has 0 fully saturated rings. The molecule has 1 aromatic carbocycles. The summed E-state index contributed by atoms with van der Waals surface area (Å²) in [5.74, 6) is 1.41. The van der Waals surface area contributed by atoms with Crippen LogP contribution in [0.15, 0.2) is 23.4 Å². The van der Waals surface area contributed by atoms with Crippen LogP contribution in [-0.4, -0.2) is 33.6 Å². The molecule has 0 aliphatic heterocycles. The first kappa shape index (κ1) is 17.3. The van der Waals surface area contributed by atoms with Gasteiger partial charge in [-0.1, -0.05) is 17.8 Å². The van der Waals surface area contributed by atoms with Crippen LogP contribution in [-0.2, 0) is 16.6 Å². The predicted molar refractivity (Wildman–Crippen MR) is 88.7 cm³/mol. The van der Waals surface area contributed by atoms with Crippen LogP contribution >= 0.6 is 11.8 Å². The molecule has 1 unspecified atom stereocenters. The van der Waals surface area contributed by atoms with Crippen LogP contribution in [0.3, 0.4) is 0 Å². The molecule has 0 saturated heterocycles. The van der Waals surface area contributed by atoms with Crippen molar-refractivity contribution in [2.75, 3.05) is 12.9 Å². The summed E-state index contributed by atoms with van der Waals surface area (Å²) in [5.41, 5.74) is 2.41. The topological polar surface area (TPSA) is 66.2 Å². The zero-order chi connectivity index (χ0) is 17.0. The van der Waals surface area contributed by atoms with Crippen molar-refractivity contribution in [1.82, 2.24) is 14.8 Å². The van der Waals surface area contributed by atoms with Gasteiger partial charge in [0.2, 0.25) is 0 Å². The minimum atomic E-state index is -0.293. The van der Waals surface area contributed by atoms with Crippen molar-refractivity contribution in [3.63, 3.8) is 0 Å². The van der Waals surface area contributed by atoms with Gasteiger partial charge in [-0.05, 0) is 44.0 Å². The van der Waals surface area contributed by atoms with Gasteiger partial charge in [0.1, 0.15) is 5.75 Å². The Morgan fingerprint density at radius 1 is 1.30 bits per heavy atom. The number of carbonyl (C=O) groups is 1. The normalized spacial score (nSPS) is 12.0. The molecular formula is C16H21N3O3S. The first-order valence-corrected chi connectivity index (χ1v) is 8.23. The summed E-state index contributed by atoms with van der Waals surface area (Å²) < 4.78 is 12.4. The lowest BCUT2D eigenvalue weighted by Gasteiger charge is -2.15. The van der Waals surface area contributed by atoms with E-state index in [1.54, 1.807) is 0 Å². The number of rotatable bonds is 6. The van der Waals surface area contributed by atoms with Crippen LogP contribution in [0.4, 0.5) is 0 Å². The molecule has 0 N–H and O–H groups in total. The van der Waals surface area contributed by atoms with E-state index in [0.717, 1.165) is 5.75 Å². The van der Waals surface area contributed by atoms with E-state index >= 15 is 0 Å². The summed E-state index contributed by atoms with van der Waals surface area (Å²) in [5, 5.41) is 8.93. The molecular weight excluding hydrogens is 314 g/mol. The van der Waals surface area contributed by atoms with Crippen molar-refractivity contribution in [1.29, 1.82) is 0 Å². The van der Waals surface area contributed by atoms with Crippen LogP contribution in [0.25, 0.3) is 0 Å². The Morgan fingerprint density at radius 2 is 2.04 bits per heavy atom. The van der Waals surface area contributed by atoms with Gasteiger partial charge in [-0.2, -0.15) is 0 Å². The molecule has 0 saturated carbocycles. The lowest BCUT2D eigenvalue weighted by atomic mass is 10.1. The number of ether oxygens (including phenoxy) is 2. The number of benzene rings is 1. The number of methoxy groups -OCH3 is 1. The molecule has 0 spiro atoms. The largest absolute Gasteiger partial charge is 0.483 e. The van der Waals surface area contributed by atoms with Crippen LogP contribution < -0.4 is 4.74 Å². The van der Waals surface area contributed by atoms with Crippen LogP contribution in [0.5, 0.6) is 5.75 Å². The second-order valence-electron chi connectivity index (χ2n) is 5.27. The maximum Gasteiger partial charge on any atom is 0.316 e. The number of aryl methyl sites for hydroxylation is 2. The van der Waals surface area contributed by atoms with Gasteiger partial charge in [-0.15, -0.1) is 10.2 Å². The molecule has 1 heterocycles. The third kappa shape index (κ3) is 4.25. The fraction of sp³-hybridized carbons (Fsp3) is 0.438. The smallest absolute Gasteiger partial charge is 0.316 e. The summed E-state index contributed by atoms with van der Waals surface area (Å²) in [6.07, 6.45) is -0.248. The number of aromatic nitrogens is 3. The van der Waals surface area contributed by atoms with E-state index in [1.165, 1.54) is 30.0 Å². The van der Waals surface area contributed by atoms with Crippen molar-refractivity contribution in [2.24, 2.45) is 7.05 Å². The van der Waals surface area contributed by atoms with Crippen molar-refractivity contribution in [3.8, 4) is 5.75 Å². The highest BCUT2D eigenvalue weighted by Gasteiger charge is 2.18. The molecule has 1 aromatic heterocycles. The van der Waals surface area contributed by atoms with E-state index in [-0.39, 0.29) is 17.8 Å². The Bertz CT molecular complexity index is 700. The number of esters is 1. The van der Waals surface area contributed by atoms with E-state index in [9.17, 15) is 4.79 Å². The average Bonchev–Trinajstić information content (AvgIpc) is 2.89. The lowest BCUT2D eigenvalue weighted by molar-refractivity contribution is -0.137. The highest BCUT2D eigenvalue weighted by Crippen LogP contribution is 2.25. The molecule has 0 aliphatic carbocycles. The zero-order valence-corrected chi connectivity index (χ0v) is 14.8. The molecule has 2 rings (SSSR count). The Kier molecular flexibility index (Phi) is 5.65. The van der Waals surface area contributed by atoms with E-state index in [2.05, 4.69) is 28.8 Å². The predicted octanol–water partition coefficient (Wildman–Crippen LogP) is 2.84. The van der Waals surface area contributed by atoms with Gasteiger partial charge in [0.25, 0.3) is 0 Å². The summed E-state index contributed by atoms with van der Waals surface area (Å²) in [6.45, 7) is 6.04. The molecule has 0 aliphatic rings. The SMILES string of the molecule is COC(=O)CSc1nnc(C(C)Oc2ccc(C)c(C)c2)n1C. The summed E-state index contributed by atoms with van der Waals surface area (Å²) in [6, 6.07) is 5.99. The van der Waals surface area contributed by atoms with Crippen LogP contribution in [0, 0.1) is 13.8 Å². The molecule has 7 heteroatoms. The van der Waals surface area contributed by atoms with Gasteiger partial charge in [-0.25, -0.2) is 0 Å². The monoisotopic (exact) mass is 335 g/mol. The highest BCUT2D eigenvalue weighted by molar-refractivity contribution is 7.99. The van der Waals surface area contributed by atoms with Crippen molar-refractivity contribution >= 4 is 17.7 Å². The second kappa shape index (κ2) is 7.50. The Hall–Kier alpha value is -2.02. The average molecular weight is 335 g/mol. The molecule has 0 bridgehead atoms. The van der Waals surface area contributed by atoms with E-state index < -0.39 is 0 Å². The molecule has 0 radical (unpaired) electrons. The van der Waals surface area contributed by atoms with Crippen molar-refractivity contribution in [3.05, 3.63) is 35.2 Å². The quantitative estimate of drug-likeness (QED) is 0.597. The second-order valence-corrected chi connectivity index (χ2v) is 6.21. The number of carbonyl (C=O) groups excluding carboxylic acids is 1. The third-order valence-corrected chi connectivity index (χ3v) is 4.56. The van der Waals surface area contributed by atoms with Gasteiger partial charge in [-0.3, -0.25) is 4.79 Å². The van der Waals surface area contributed by atoms with Gasteiger partial charge in [0.05, 0.1) is 12.9 Å². The molecule has 6 nitrogen and oxygen atoms in total. The van der Waals surface area contributed by atoms with Crippen molar-refractivity contribution in [2.45, 2.75) is 32.0 Å². The molecule has 0 amide bonds. The molecule has 124 valence electrons.